The standard InChI is InChI=1S/C34H31N3O7S/c1-42-29-17-16-22(19-30(29)43-2)18-28(37-32(39)23-10-5-4-6-11-23)33(40)35-24-12-9-13-25(20-24)45-21-31(38)36-27-15-8-7-14-26(27)34(41)44-3/h4-20H,21H2,1-3H3,(H,35,40)(H,36,38)(H,37,39)/b28-18+. The molecule has 0 heterocycles. The van der Waals surface area contributed by atoms with Gasteiger partial charge in [-0.25, -0.2) is 4.79 Å². The van der Waals surface area contributed by atoms with Gasteiger partial charge in [-0.3, -0.25) is 14.4 Å². The topological polar surface area (TPSA) is 132 Å². The van der Waals surface area contributed by atoms with E-state index in [0.29, 0.717) is 38.9 Å². The molecule has 0 radical (unpaired) electrons. The van der Waals surface area contributed by atoms with Crippen molar-refractivity contribution in [2.24, 2.45) is 0 Å². The van der Waals surface area contributed by atoms with Gasteiger partial charge in [-0.15, -0.1) is 11.8 Å². The number of carbonyl (C=O) groups is 4. The maximum Gasteiger partial charge on any atom is 0.339 e. The zero-order valence-corrected chi connectivity index (χ0v) is 25.6. The largest absolute Gasteiger partial charge is 0.493 e. The van der Waals surface area contributed by atoms with E-state index in [4.69, 9.17) is 14.2 Å². The van der Waals surface area contributed by atoms with Crippen LogP contribution < -0.4 is 25.4 Å². The first-order valence-electron chi connectivity index (χ1n) is 13.6. The van der Waals surface area contributed by atoms with Crippen LogP contribution in [0.5, 0.6) is 11.5 Å². The fourth-order valence-electron chi connectivity index (χ4n) is 4.13. The molecule has 4 aromatic rings. The van der Waals surface area contributed by atoms with Crippen LogP contribution in [0, 0.1) is 0 Å². The zero-order valence-electron chi connectivity index (χ0n) is 24.8. The van der Waals surface area contributed by atoms with Gasteiger partial charge in [-0.2, -0.15) is 0 Å². The van der Waals surface area contributed by atoms with E-state index in [1.807, 2.05) is 0 Å². The highest BCUT2D eigenvalue weighted by Crippen LogP contribution is 2.29. The lowest BCUT2D eigenvalue weighted by molar-refractivity contribution is -0.114. The average molecular weight is 626 g/mol. The van der Waals surface area contributed by atoms with Crippen LogP contribution in [0.25, 0.3) is 6.08 Å². The minimum Gasteiger partial charge on any atom is -0.493 e. The van der Waals surface area contributed by atoms with Gasteiger partial charge in [0.15, 0.2) is 11.5 Å². The van der Waals surface area contributed by atoms with Gasteiger partial charge in [0.2, 0.25) is 5.91 Å². The summed E-state index contributed by atoms with van der Waals surface area (Å²) in [7, 11) is 4.30. The molecular weight excluding hydrogens is 594 g/mol. The first kappa shape index (κ1) is 32.4. The summed E-state index contributed by atoms with van der Waals surface area (Å²) in [6, 6.07) is 27.2. The molecule has 11 heteroatoms. The minimum atomic E-state index is -0.562. The van der Waals surface area contributed by atoms with Crippen molar-refractivity contribution in [1.82, 2.24) is 5.32 Å². The molecule has 0 saturated carbocycles. The molecule has 0 unspecified atom stereocenters. The van der Waals surface area contributed by atoms with Crippen molar-refractivity contribution in [2.75, 3.05) is 37.7 Å². The van der Waals surface area contributed by atoms with Crippen molar-refractivity contribution in [1.29, 1.82) is 0 Å². The summed E-state index contributed by atoms with van der Waals surface area (Å²) in [6.45, 7) is 0. The Morgan fingerprint density at radius 2 is 1.49 bits per heavy atom. The third kappa shape index (κ3) is 8.97. The lowest BCUT2D eigenvalue weighted by Crippen LogP contribution is -2.30. The van der Waals surface area contributed by atoms with Crippen molar-refractivity contribution < 1.29 is 33.4 Å². The van der Waals surface area contributed by atoms with Gasteiger partial charge in [-0.05, 0) is 66.2 Å². The molecule has 0 atom stereocenters. The Balaban J connectivity index is 1.49. The molecule has 0 saturated heterocycles. The van der Waals surface area contributed by atoms with Crippen LogP contribution in [-0.4, -0.2) is 50.8 Å². The number of benzene rings is 4. The predicted octanol–water partition coefficient (Wildman–Crippen LogP) is 5.63. The minimum absolute atomic E-state index is 0.00206. The highest BCUT2D eigenvalue weighted by atomic mass is 32.2. The Bertz CT molecular complexity index is 1720. The number of methoxy groups -OCH3 is 3. The third-order valence-corrected chi connectivity index (χ3v) is 7.31. The van der Waals surface area contributed by atoms with E-state index in [0.717, 1.165) is 0 Å². The van der Waals surface area contributed by atoms with Crippen LogP contribution in [0.3, 0.4) is 0 Å². The van der Waals surface area contributed by atoms with Crippen LogP contribution >= 0.6 is 11.8 Å². The zero-order chi connectivity index (χ0) is 32.2. The van der Waals surface area contributed by atoms with Crippen molar-refractivity contribution >= 4 is 52.9 Å². The molecule has 3 N–H and O–H groups in total. The van der Waals surface area contributed by atoms with Crippen LogP contribution in [0.2, 0.25) is 0 Å². The number of thioether (sulfide) groups is 1. The summed E-state index contributed by atoms with van der Waals surface area (Å²) in [4.78, 5) is 51.9. The summed E-state index contributed by atoms with van der Waals surface area (Å²) in [6.07, 6.45) is 1.53. The van der Waals surface area contributed by atoms with E-state index in [9.17, 15) is 19.2 Å². The van der Waals surface area contributed by atoms with Crippen LogP contribution in [0.4, 0.5) is 11.4 Å². The molecule has 0 fully saturated rings. The number of nitrogens with one attached hydrogen (secondary N) is 3. The van der Waals surface area contributed by atoms with E-state index in [2.05, 4.69) is 16.0 Å². The van der Waals surface area contributed by atoms with Crippen molar-refractivity contribution in [2.45, 2.75) is 4.90 Å². The summed E-state index contributed by atoms with van der Waals surface area (Å²) in [5, 5.41) is 8.26. The Kier molecular flexibility index (Phi) is 11.4. The molecule has 0 aliphatic carbocycles. The fraction of sp³-hybridized carbons (Fsp3) is 0.118. The van der Waals surface area contributed by atoms with Gasteiger partial charge in [-0.1, -0.05) is 42.5 Å². The second-order valence-corrected chi connectivity index (χ2v) is 10.4. The van der Waals surface area contributed by atoms with Crippen LogP contribution in [0.1, 0.15) is 26.3 Å². The van der Waals surface area contributed by atoms with Crippen LogP contribution in [0.15, 0.2) is 108 Å². The SMILES string of the molecule is COC(=O)c1ccccc1NC(=O)CSc1cccc(NC(=O)/C(=C\c2ccc(OC)c(OC)c2)NC(=O)c2ccccc2)c1. The van der Waals surface area contributed by atoms with Gasteiger partial charge >= 0.3 is 5.97 Å². The van der Waals surface area contributed by atoms with E-state index >= 15 is 0 Å². The number of ether oxygens (including phenoxy) is 3. The third-order valence-electron chi connectivity index (χ3n) is 6.32. The lowest BCUT2D eigenvalue weighted by atomic mass is 10.1. The van der Waals surface area contributed by atoms with E-state index in [1.165, 1.54) is 39.2 Å². The predicted molar refractivity (Wildman–Crippen MR) is 174 cm³/mol. The number of hydrogen-bond donors (Lipinski definition) is 3. The second-order valence-electron chi connectivity index (χ2n) is 9.35. The molecule has 3 amide bonds. The fourth-order valence-corrected chi connectivity index (χ4v) is 4.88. The van der Waals surface area contributed by atoms with Gasteiger partial charge < -0.3 is 30.2 Å². The summed E-state index contributed by atoms with van der Waals surface area (Å²) >= 11 is 1.25. The maximum absolute atomic E-state index is 13.5. The summed E-state index contributed by atoms with van der Waals surface area (Å²) < 4.78 is 15.5. The average Bonchev–Trinajstić information content (AvgIpc) is 3.07. The Morgan fingerprint density at radius 3 is 2.22 bits per heavy atom. The molecule has 0 aromatic heterocycles. The molecule has 0 aliphatic rings. The Labute approximate surface area is 264 Å². The molecule has 4 aromatic carbocycles. The number of para-hydroxylation sites is 1. The van der Waals surface area contributed by atoms with Gasteiger partial charge in [0, 0.05) is 16.1 Å². The number of esters is 1. The van der Waals surface area contributed by atoms with E-state index < -0.39 is 17.8 Å². The monoisotopic (exact) mass is 625 g/mol. The van der Waals surface area contributed by atoms with Crippen molar-refractivity contribution in [3.8, 4) is 11.5 Å². The second kappa shape index (κ2) is 15.8. The first-order chi connectivity index (χ1) is 21.8. The number of carbonyl (C=O) groups excluding carboxylic acids is 4. The van der Waals surface area contributed by atoms with Crippen molar-refractivity contribution in [3.05, 3.63) is 119 Å². The Morgan fingerprint density at radius 1 is 0.756 bits per heavy atom. The first-order valence-corrected chi connectivity index (χ1v) is 14.6. The Hall–Kier alpha value is -5.55. The van der Waals surface area contributed by atoms with Crippen molar-refractivity contribution in [3.63, 3.8) is 0 Å². The number of hydrogen-bond acceptors (Lipinski definition) is 8. The molecule has 0 bridgehead atoms. The normalized spacial score (nSPS) is 10.8. The van der Waals surface area contributed by atoms with Gasteiger partial charge in [0.05, 0.1) is 38.3 Å². The highest BCUT2D eigenvalue weighted by molar-refractivity contribution is 8.00. The van der Waals surface area contributed by atoms with Gasteiger partial charge in [0.25, 0.3) is 11.8 Å². The quantitative estimate of drug-likeness (QED) is 0.105. The molecule has 0 aliphatic heterocycles. The summed E-state index contributed by atoms with van der Waals surface area (Å²) in [5.41, 5.74) is 2.03. The van der Waals surface area contributed by atoms with Crippen LogP contribution in [-0.2, 0) is 14.3 Å². The number of anilines is 2. The maximum atomic E-state index is 13.5. The highest BCUT2D eigenvalue weighted by Gasteiger charge is 2.17. The lowest BCUT2D eigenvalue weighted by Gasteiger charge is -2.13. The molecular formula is C34H31N3O7S. The van der Waals surface area contributed by atoms with Gasteiger partial charge in [0.1, 0.15) is 5.70 Å². The number of amides is 3. The molecule has 230 valence electrons. The molecule has 4 rings (SSSR count). The van der Waals surface area contributed by atoms with E-state index in [-0.39, 0.29) is 22.9 Å². The smallest absolute Gasteiger partial charge is 0.339 e. The summed E-state index contributed by atoms with van der Waals surface area (Å²) in [5.74, 6) is -0.872. The molecule has 10 nitrogen and oxygen atoms in total. The number of rotatable bonds is 12. The van der Waals surface area contributed by atoms with E-state index in [1.54, 1.807) is 97.1 Å². The molecule has 45 heavy (non-hydrogen) atoms. The molecule has 0 spiro atoms.